The monoisotopic (exact) mass is 419 g/mol. The Balaban J connectivity index is 1.92. The number of ether oxygens (including phenoxy) is 3. The number of benzene rings is 3. The first-order valence-corrected chi connectivity index (χ1v) is 9.79. The van der Waals surface area contributed by atoms with Gasteiger partial charge in [-0.15, -0.1) is 0 Å². The minimum atomic E-state index is -1.15. The fourth-order valence-electron chi connectivity index (χ4n) is 3.11. The van der Waals surface area contributed by atoms with Gasteiger partial charge in [-0.1, -0.05) is 42.5 Å². The van der Waals surface area contributed by atoms with E-state index < -0.39 is 18.0 Å². The van der Waals surface area contributed by atoms with E-state index in [1.54, 1.807) is 36.4 Å². The number of carbonyl (C=O) groups is 2. The van der Waals surface area contributed by atoms with Gasteiger partial charge in [-0.2, -0.15) is 0 Å². The Morgan fingerprint density at radius 2 is 1.61 bits per heavy atom. The van der Waals surface area contributed by atoms with Crippen LogP contribution in [-0.4, -0.2) is 26.1 Å². The highest BCUT2D eigenvalue weighted by Crippen LogP contribution is 2.28. The molecule has 0 fully saturated rings. The van der Waals surface area contributed by atoms with Gasteiger partial charge >= 0.3 is 5.97 Å². The van der Waals surface area contributed by atoms with Crippen molar-refractivity contribution in [3.63, 3.8) is 0 Å². The highest BCUT2D eigenvalue weighted by Gasteiger charge is 2.27. The van der Waals surface area contributed by atoms with Gasteiger partial charge in [-0.3, -0.25) is 4.79 Å². The average molecular weight is 419 g/mol. The molecule has 0 saturated carbocycles. The fourth-order valence-corrected chi connectivity index (χ4v) is 3.11. The van der Waals surface area contributed by atoms with Gasteiger partial charge in [0, 0.05) is 11.3 Å². The molecule has 160 valence electrons. The molecule has 3 rings (SSSR count). The number of nitrogens with one attached hydrogen (secondary N) is 1. The summed E-state index contributed by atoms with van der Waals surface area (Å²) in [4.78, 5) is 26.2. The van der Waals surface area contributed by atoms with E-state index in [1.165, 1.54) is 20.3 Å². The van der Waals surface area contributed by atoms with Gasteiger partial charge in [0.15, 0.2) is 0 Å². The summed E-state index contributed by atoms with van der Waals surface area (Å²) in [5.41, 5.74) is 3.31. The summed E-state index contributed by atoms with van der Waals surface area (Å²) in [6.45, 7) is 3.85. The smallest absolute Gasteiger partial charge is 0.343 e. The Bertz CT molecular complexity index is 1080. The second-order valence-corrected chi connectivity index (χ2v) is 7.07. The quantitative estimate of drug-likeness (QED) is 0.554. The zero-order valence-electron chi connectivity index (χ0n) is 18.0. The summed E-state index contributed by atoms with van der Waals surface area (Å²) in [6.07, 6.45) is -1.15. The molecule has 0 radical (unpaired) electrons. The van der Waals surface area contributed by atoms with E-state index in [2.05, 4.69) is 5.32 Å². The number of esters is 1. The molecule has 1 N–H and O–H groups in total. The van der Waals surface area contributed by atoms with Crippen molar-refractivity contribution >= 4 is 17.6 Å². The zero-order valence-corrected chi connectivity index (χ0v) is 18.0. The minimum Gasteiger partial charge on any atom is -0.497 e. The maximum absolute atomic E-state index is 13.2. The Hall–Kier alpha value is -3.80. The number of hydrogen-bond donors (Lipinski definition) is 1. The SMILES string of the molecule is COc1ccc(OC)c(C(=O)OC(C(=O)Nc2cc(C)ccc2C)c2ccccc2)c1. The van der Waals surface area contributed by atoms with Crippen molar-refractivity contribution in [2.24, 2.45) is 0 Å². The van der Waals surface area contributed by atoms with E-state index in [0.717, 1.165) is 11.1 Å². The van der Waals surface area contributed by atoms with Gasteiger partial charge in [0.25, 0.3) is 5.91 Å². The number of amides is 1. The van der Waals surface area contributed by atoms with Crippen LogP contribution in [0.1, 0.15) is 33.2 Å². The van der Waals surface area contributed by atoms with E-state index in [4.69, 9.17) is 14.2 Å². The van der Waals surface area contributed by atoms with Crippen LogP contribution < -0.4 is 14.8 Å². The number of methoxy groups -OCH3 is 2. The van der Waals surface area contributed by atoms with Crippen molar-refractivity contribution in [1.82, 2.24) is 0 Å². The van der Waals surface area contributed by atoms with Crippen molar-refractivity contribution < 1.29 is 23.8 Å². The lowest BCUT2D eigenvalue weighted by atomic mass is 10.1. The summed E-state index contributed by atoms with van der Waals surface area (Å²) >= 11 is 0. The number of aryl methyl sites for hydroxylation is 2. The van der Waals surface area contributed by atoms with E-state index >= 15 is 0 Å². The van der Waals surface area contributed by atoms with Crippen LogP contribution >= 0.6 is 0 Å². The summed E-state index contributed by atoms with van der Waals surface area (Å²) in [7, 11) is 2.96. The number of rotatable bonds is 7. The third-order valence-corrected chi connectivity index (χ3v) is 4.84. The first-order chi connectivity index (χ1) is 14.9. The molecule has 3 aromatic carbocycles. The van der Waals surface area contributed by atoms with Crippen LogP contribution in [0, 0.1) is 13.8 Å². The second kappa shape index (κ2) is 9.80. The van der Waals surface area contributed by atoms with Crippen LogP contribution in [0.25, 0.3) is 0 Å². The zero-order chi connectivity index (χ0) is 22.4. The molecule has 0 aliphatic rings. The van der Waals surface area contributed by atoms with Gasteiger partial charge < -0.3 is 19.5 Å². The highest BCUT2D eigenvalue weighted by atomic mass is 16.6. The topological polar surface area (TPSA) is 73.9 Å². The molecule has 3 aromatic rings. The number of anilines is 1. The lowest BCUT2D eigenvalue weighted by molar-refractivity contribution is -0.125. The molecule has 0 saturated heterocycles. The minimum absolute atomic E-state index is 0.169. The number of hydrogen-bond acceptors (Lipinski definition) is 5. The summed E-state index contributed by atoms with van der Waals surface area (Å²) in [6, 6.07) is 19.5. The molecule has 0 spiro atoms. The largest absolute Gasteiger partial charge is 0.497 e. The molecular formula is C25H25NO5. The maximum atomic E-state index is 13.2. The molecule has 1 atom stereocenters. The molecule has 0 aliphatic heterocycles. The Morgan fingerprint density at radius 3 is 2.29 bits per heavy atom. The van der Waals surface area contributed by atoms with E-state index in [1.807, 2.05) is 38.1 Å². The van der Waals surface area contributed by atoms with Gasteiger partial charge in [-0.25, -0.2) is 4.79 Å². The Kier molecular flexibility index (Phi) is 6.92. The fraction of sp³-hybridized carbons (Fsp3) is 0.200. The van der Waals surface area contributed by atoms with Gasteiger partial charge in [0.05, 0.1) is 14.2 Å². The third-order valence-electron chi connectivity index (χ3n) is 4.84. The predicted molar refractivity (Wildman–Crippen MR) is 119 cm³/mol. The number of carbonyl (C=O) groups excluding carboxylic acids is 2. The normalized spacial score (nSPS) is 11.4. The molecular weight excluding hydrogens is 394 g/mol. The van der Waals surface area contributed by atoms with Crippen LogP contribution in [-0.2, 0) is 9.53 Å². The predicted octanol–water partition coefficient (Wildman–Crippen LogP) is 4.86. The van der Waals surface area contributed by atoms with Crippen molar-refractivity contribution in [3.8, 4) is 11.5 Å². The van der Waals surface area contributed by atoms with Crippen molar-refractivity contribution in [2.45, 2.75) is 20.0 Å². The molecule has 0 heterocycles. The molecule has 31 heavy (non-hydrogen) atoms. The van der Waals surface area contributed by atoms with E-state index in [-0.39, 0.29) is 5.56 Å². The molecule has 0 aliphatic carbocycles. The van der Waals surface area contributed by atoms with Gasteiger partial charge in [-0.05, 0) is 49.2 Å². The second-order valence-electron chi connectivity index (χ2n) is 7.07. The van der Waals surface area contributed by atoms with Crippen molar-refractivity contribution in [2.75, 3.05) is 19.5 Å². The van der Waals surface area contributed by atoms with Crippen molar-refractivity contribution in [3.05, 3.63) is 89.0 Å². The Labute approximate surface area is 181 Å². The standard InChI is InChI=1S/C25H25NO5/c1-16-10-11-17(2)21(14-16)26-24(27)23(18-8-6-5-7-9-18)31-25(28)20-15-19(29-3)12-13-22(20)30-4/h5-15,23H,1-4H3,(H,26,27). The van der Waals surface area contributed by atoms with Crippen LogP contribution in [0.4, 0.5) is 5.69 Å². The first kappa shape index (κ1) is 21.9. The van der Waals surface area contributed by atoms with Gasteiger partial charge in [0.1, 0.15) is 17.1 Å². The molecule has 1 amide bonds. The summed E-state index contributed by atoms with van der Waals surface area (Å²) in [5, 5.41) is 2.89. The van der Waals surface area contributed by atoms with Crippen LogP contribution in [0.5, 0.6) is 11.5 Å². The molecule has 1 unspecified atom stereocenters. The molecule has 0 aromatic heterocycles. The first-order valence-electron chi connectivity index (χ1n) is 9.79. The van der Waals surface area contributed by atoms with Crippen molar-refractivity contribution in [1.29, 1.82) is 0 Å². The molecule has 6 heteroatoms. The molecule has 0 bridgehead atoms. The highest BCUT2D eigenvalue weighted by molar-refractivity contribution is 5.99. The van der Waals surface area contributed by atoms with Crippen LogP contribution in [0.2, 0.25) is 0 Å². The lowest BCUT2D eigenvalue weighted by Gasteiger charge is -2.20. The molecule has 6 nitrogen and oxygen atoms in total. The Morgan fingerprint density at radius 1 is 0.871 bits per heavy atom. The maximum Gasteiger partial charge on any atom is 0.343 e. The van der Waals surface area contributed by atoms with Gasteiger partial charge in [0.2, 0.25) is 6.10 Å². The average Bonchev–Trinajstić information content (AvgIpc) is 2.79. The summed E-state index contributed by atoms with van der Waals surface area (Å²) in [5.74, 6) is -0.341. The van der Waals surface area contributed by atoms with Crippen LogP contribution in [0.15, 0.2) is 66.7 Å². The van der Waals surface area contributed by atoms with Crippen LogP contribution in [0.3, 0.4) is 0 Å². The van der Waals surface area contributed by atoms with E-state index in [0.29, 0.717) is 22.7 Å². The lowest BCUT2D eigenvalue weighted by Crippen LogP contribution is -2.26. The third kappa shape index (κ3) is 5.22. The summed E-state index contributed by atoms with van der Waals surface area (Å²) < 4.78 is 16.2. The van der Waals surface area contributed by atoms with E-state index in [9.17, 15) is 9.59 Å².